The summed E-state index contributed by atoms with van der Waals surface area (Å²) >= 11 is 0. The number of carbonyl (C=O) groups is 2. The van der Waals surface area contributed by atoms with Crippen LogP contribution in [0.3, 0.4) is 0 Å². The number of halogens is 4. The van der Waals surface area contributed by atoms with Gasteiger partial charge < -0.3 is 9.84 Å². The van der Waals surface area contributed by atoms with Crippen LogP contribution in [0.25, 0.3) is 0 Å². The van der Waals surface area contributed by atoms with Crippen molar-refractivity contribution in [1.82, 2.24) is 9.62 Å². The zero-order valence-corrected chi connectivity index (χ0v) is 23.2. The smallest absolute Gasteiger partial charge is 0.489 e. The lowest BCUT2D eigenvalue weighted by Crippen LogP contribution is -2.40. The molecule has 4 rings (SSSR count). The van der Waals surface area contributed by atoms with Crippen LogP contribution in [0.15, 0.2) is 30.3 Å². The van der Waals surface area contributed by atoms with Crippen LogP contribution in [0, 0.1) is 19.7 Å². The van der Waals surface area contributed by atoms with Gasteiger partial charge in [-0.25, -0.2) is 22.3 Å². The molecule has 2 aromatic carbocycles. The van der Waals surface area contributed by atoms with Crippen LogP contribution in [0.1, 0.15) is 64.2 Å². The molecule has 0 bridgehead atoms. The first-order valence-corrected chi connectivity index (χ1v) is 14.5. The third-order valence-corrected chi connectivity index (χ3v) is 7.09. The molecule has 1 aliphatic heterocycles. The first-order valence-electron chi connectivity index (χ1n) is 12.6. The standard InChI is InChI=1S/C25H31FN2O4S.C2HF3O2/c1-16-6-7-19(17(2)11-16)14-28-10-4-5-20(15-28)32-24-13-23(26)22(12-21(24)18-8-9-18)25(29)27-33(3,30)31;3-2(4,5)1(6)7/h6-7,11-13,18,20H,4-5,8-10,14-15H2,1-3H3,(H,27,29);(H,6,7)/t20-;/m1./s1. The molecule has 0 unspecified atom stereocenters. The Kier molecular flexibility index (Phi) is 9.83. The van der Waals surface area contributed by atoms with Crippen molar-refractivity contribution in [3.8, 4) is 5.75 Å². The Labute approximate surface area is 230 Å². The number of benzene rings is 2. The Balaban J connectivity index is 0.000000559. The Bertz CT molecular complexity index is 1360. The summed E-state index contributed by atoms with van der Waals surface area (Å²) in [4.78, 5) is 23.5. The van der Waals surface area contributed by atoms with E-state index in [-0.39, 0.29) is 17.6 Å². The fourth-order valence-corrected chi connectivity index (χ4v) is 4.93. The zero-order valence-electron chi connectivity index (χ0n) is 22.3. The summed E-state index contributed by atoms with van der Waals surface area (Å²) < 4.78 is 77.5. The maximum absolute atomic E-state index is 14.8. The first kappa shape index (κ1) is 31.3. The van der Waals surface area contributed by atoms with Gasteiger partial charge in [0, 0.05) is 19.2 Å². The SMILES string of the molecule is Cc1ccc(CN2CCC[C@@H](Oc3cc(F)c(C(=O)NS(C)(=O)=O)cc3C3CC3)C2)c(C)c1.O=C(O)C(F)(F)F. The lowest BCUT2D eigenvalue weighted by atomic mass is 10.0. The number of carbonyl (C=O) groups excluding carboxylic acids is 1. The van der Waals surface area contributed by atoms with Crippen LogP contribution < -0.4 is 9.46 Å². The highest BCUT2D eigenvalue weighted by Gasteiger charge is 2.38. The van der Waals surface area contributed by atoms with E-state index in [1.54, 1.807) is 0 Å². The third kappa shape index (κ3) is 9.19. The van der Waals surface area contributed by atoms with Crippen LogP contribution >= 0.6 is 0 Å². The van der Waals surface area contributed by atoms with Gasteiger partial charge in [0.25, 0.3) is 5.91 Å². The Morgan fingerprint density at radius 1 is 1.12 bits per heavy atom. The lowest BCUT2D eigenvalue weighted by Gasteiger charge is -2.33. The van der Waals surface area contributed by atoms with Crippen molar-refractivity contribution in [2.45, 2.75) is 64.3 Å². The summed E-state index contributed by atoms with van der Waals surface area (Å²) in [7, 11) is -3.78. The minimum absolute atomic E-state index is 0.0721. The van der Waals surface area contributed by atoms with Crippen molar-refractivity contribution >= 4 is 21.9 Å². The molecule has 0 spiro atoms. The molecule has 1 aliphatic carbocycles. The minimum Gasteiger partial charge on any atom is -0.489 e. The van der Waals surface area contributed by atoms with E-state index < -0.39 is 33.9 Å². The van der Waals surface area contributed by atoms with Gasteiger partial charge in [0.15, 0.2) is 0 Å². The average molecular weight is 589 g/mol. The van der Waals surface area contributed by atoms with E-state index in [0.717, 1.165) is 57.1 Å². The van der Waals surface area contributed by atoms with Gasteiger partial charge >= 0.3 is 12.1 Å². The normalized spacial score (nSPS) is 17.9. The van der Waals surface area contributed by atoms with Crippen molar-refractivity contribution in [2.24, 2.45) is 0 Å². The monoisotopic (exact) mass is 588 g/mol. The molecule has 8 nitrogen and oxygen atoms in total. The molecule has 13 heteroatoms. The number of ether oxygens (including phenoxy) is 1. The van der Waals surface area contributed by atoms with Crippen molar-refractivity contribution < 1.29 is 45.4 Å². The number of carboxylic acids is 1. The molecule has 2 fully saturated rings. The first-order chi connectivity index (χ1) is 18.5. The Morgan fingerprint density at radius 2 is 1.77 bits per heavy atom. The highest BCUT2D eigenvalue weighted by Crippen LogP contribution is 2.45. The third-order valence-electron chi connectivity index (χ3n) is 6.53. The van der Waals surface area contributed by atoms with E-state index >= 15 is 0 Å². The van der Waals surface area contributed by atoms with Crippen molar-refractivity contribution in [1.29, 1.82) is 0 Å². The van der Waals surface area contributed by atoms with Gasteiger partial charge in [-0.2, -0.15) is 13.2 Å². The molecule has 1 saturated heterocycles. The Morgan fingerprint density at radius 3 is 2.33 bits per heavy atom. The van der Waals surface area contributed by atoms with E-state index in [0.29, 0.717) is 5.75 Å². The summed E-state index contributed by atoms with van der Waals surface area (Å²) in [5, 5.41) is 7.12. The van der Waals surface area contributed by atoms with Crippen LogP contribution in [0.2, 0.25) is 0 Å². The van der Waals surface area contributed by atoms with Crippen molar-refractivity contribution in [3.05, 3.63) is 64.0 Å². The quantitative estimate of drug-likeness (QED) is 0.452. The number of rotatable bonds is 7. The number of nitrogens with one attached hydrogen (secondary N) is 1. The van der Waals surface area contributed by atoms with Crippen LogP contribution in [0.5, 0.6) is 5.75 Å². The van der Waals surface area contributed by atoms with E-state index in [2.05, 4.69) is 36.9 Å². The number of likely N-dealkylation sites (tertiary alicyclic amines) is 1. The molecule has 1 heterocycles. The Hall–Kier alpha value is -3.19. The topological polar surface area (TPSA) is 113 Å². The average Bonchev–Trinajstić information content (AvgIpc) is 3.65. The number of aliphatic carboxylic acids is 1. The molecule has 2 aliphatic rings. The van der Waals surface area contributed by atoms with Crippen LogP contribution in [-0.2, 0) is 21.4 Å². The second kappa shape index (κ2) is 12.5. The summed E-state index contributed by atoms with van der Waals surface area (Å²) in [6.45, 7) is 6.80. The number of sulfonamides is 1. The molecule has 40 heavy (non-hydrogen) atoms. The molecular weight excluding hydrogens is 556 g/mol. The largest absolute Gasteiger partial charge is 0.490 e. The maximum Gasteiger partial charge on any atom is 0.490 e. The van der Waals surface area contributed by atoms with E-state index in [4.69, 9.17) is 14.6 Å². The number of hydrogen-bond donors (Lipinski definition) is 2. The fourth-order valence-electron chi connectivity index (χ4n) is 4.48. The number of alkyl halides is 3. The van der Waals surface area contributed by atoms with E-state index in [1.165, 1.54) is 28.8 Å². The fraction of sp³-hybridized carbons (Fsp3) is 0.481. The van der Waals surface area contributed by atoms with Gasteiger partial charge in [0.1, 0.15) is 17.7 Å². The van der Waals surface area contributed by atoms with Gasteiger partial charge in [-0.3, -0.25) is 9.69 Å². The molecule has 2 N–H and O–H groups in total. The number of nitrogens with zero attached hydrogens (tertiary/aromatic N) is 1. The molecule has 1 amide bonds. The minimum atomic E-state index is -5.08. The second-order valence-corrected chi connectivity index (χ2v) is 11.9. The predicted molar refractivity (Wildman–Crippen MR) is 139 cm³/mol. The maximum atomic E-state index is 14.8. The molecule has 2 aromatic rings. The van der Waals surface area contributed by atoms with Crippen LogP contribution in [0.4, 0.5) is 17.6 Å². The zero-order chi connectivity index (χ0) is 29.8. The second-order valence-electron chi connectivity index (χ2n) is 10.2. The highest BCUT2D eigenvalue weighted by atomic mass is 32.2. The number of carboxylic acid groups (broad SMARTS) is 1. The van der Waals surface area contributed by atoms with Gasteiger partial charge in [-0.15, -0.1) is 0 Å². The molecule has 0 aromatic heterocycles. The van der Waals surface area contributed by atoms with E-state index in [1.807, 2.05) is 4.72 Å². The summed E-state index contributed by atoms with van der Waals surface area (Å²) in [6, 6.07) is 9.20. The molecule has 0 radical (unpaired) electrons. The van der Waals surface area contributed by atoms with Gasteiger partial charge in [0.2, 0.25) is 10.0 Å². The van der Waals surface area contributed by atoms with Crippen molar-refractivity contribution in [2.75, 3.05) is 19.3 Å². The van der Waals surface area contributed by atoms with Crippen molar-refractivity contribution in [3.63, 3.8) is 0 Å². The van der Waals surface area contributed by atoms with Gasteiger partial charge in [-0.05, 0) is 74.8 Å². The lowest BCUT2D eigenvalue weighted by molar-refractivity contribution is -0.192. The number of amides is 1. The van der Waals surface area contributed by atoms with Gasteiger partial charge in [0.05, 0.1) is 11.8 Å². The summed E-state index contributed by atoms with van der Waals surface area (Å²) in [5.41, 5.74) is 4.34. The number of hydrogen-bond acceptors (Lipinski definition) is 6. The summed E-state index contributed by atoms with van der Waals surface area (Å²) in [6.07, 6.45) is -0.527. The van der Waals surface area contributed by atoms with Gasteiger partial charge in [-0.1, -0.05) is 23.8 Å². The molecule has 1 saturated carbocycles. The molecule has 220 valence electrons. The predicted octanol–water partition coefficient (Wildman–Crippen LogP) is 4.69. The van der Waals surface area contributed by atoms with E-state index in [9.17, 15) is 30.8 Å². The molecular formula is C27H32F4N2O6S. The number of aryl methyl sites for hydroxylation is 2. The summed E-state index contributed by atoms with van der Waals surface area (Å²) in [5.74, 6) is -3.82. The molecule has 1 atom stereocenters. The van der Waals surface area contributed by atoms with Crippen LogP contribution in [-0.4, -0.2) is 61.9 Å². The number of piperidine rings is 1. The highest BCUT2D eigenvalue weighted by molar-refractivity contribution is 7.89.